The number of fused-ring (bicyclic) bond motifs is 1. The van der Waals surface area contributed by atoms with Crippen LogP contribution in [-0.4, -0.2) is 19.2 Å². The minimum Gasteiger partial charge on any atom is -0.380 e. The highest BCUT2D eigenvalue weighted by Gasteiger charge is 2.13. The molecule has 1 aromatic heterocycles. The molecule has 0 aliphatic rings. The van der Waals surface area contributed by atoms with Crippen molar-refractivity contribution in [1.82, 2.24) is 4.98 Å². The van der Waals surface area contributed by atoms with Crippen molar-refractivity contribution >= 4 is 38.2 Å². The normalized spacial score (nSPS) is 10.7. The Labute approximate surface area is 160 Å². The Morgan fingerprint density at radius 3 is 2.50 bits per heavy atom. The van der Waals surface area contributed by atoms with Gasteiger partial charge in [-0.2, -0.15) is 5.26 Å². The van der Waals surface area contributed by atoms with E-state index in [0.717, 1.165) is 37.9 Å². The molecule has 1 N–H and O–H groups in total. The van der Waals surface area contributed by atoms with Crippen molar-refractivity contribution in [1.29, 1.82) is 5.26 Å². The molecule has 26 heavy (non-hydrogen) atoms. The first kappa shape index (κ1) is 18.3. The van der Waals surface area contributed by atoms with E-state index >= 15 is 0 Å². The SMILES string of the molecule is COCc1cc2ncc(C#N)c(Nc3cccc(Br)c3)c2cc1COC. The van der Waals surface area contributed by atoms with E-state index in [-0.39, 0.29) is 0 Å². The van der Waals surface area contributed by atoms with Crippen molar-refractivity contribution in [3.8, 4) is 6.07 Å². The first-order chi connectivity index (χ1) is 12.7. The van der Waals surface area contributed by atoms with E-state index in [1.54, 1.807) is 20.4 Å². The quantitative estimate of drug-likeness (QED) is 0.624. The number of pyridine rings is 1. The van der Waals surface area contributed by atoms with E-state index in [1.165, 1.54) is 0 Å². The van der Waals surface area contributed by atoms with Gasteiger partial charge in [-0.1, -0.05) is 22.0 Å². The molecule has 0 saturated carbocycles. The van der Waals surface area contributed by atoms with Crippen LogP contribution in [0, 0.1) is 11.3 Å². The molecule has 0 fully saturated rings. The minimum atomic E-state index is 0.460. The zero-order valence-corrected chi connectivity index (χ0v) is 16.1. The Balaban J connectivity index is 2.18. The monoisotopic (exact) mass is 411 g/mol. The van der Waals surface area contributed by atoms with Crippen LogP contribution in [-0.2, 0) is 22.7 Å². The molecule has 5 nitrogen and oxygen atoms in total. The van der Waals surface area contributed by atoms with Gasteiger partial charge >= 0.3 is 0 Å². The third-order valence-corrected chi connectivity index (χ3v) is 4.50. The second-order valence-corrected chi connectivity index (χ2v) is 6.71. The first-order valence-electron chi connectivity index (χ1n) is 8.01. The third-order valence-electron chi connectivity index (χ3n) is 4.00. The summed E-state index contributed by atoms with van der Waals surface area (Å²) in [6, 6.07) is 14.0. The van der Waals surface area contributed by atoms with E-state index < -0.39 is 0 Å². The standard InChI is InChI=1S/C20H18BrN3O2/c1-25-11-13-6-18-19(7-14(13)12-26-2)23-10-15(9-22)20(18)24-17-5-3-4-16(21)8-17/h3-8,10H,11-12H2,1-2H3,(H,23,24). The number of nitrogens with one attached hydrogen (secondary N) is 1. The molecule has 3 aromatic rings. The average Bonchev–Trinajstić information content (AvgIpc) is 2.63. The second kappa shape index (κ2) is 8.28. The highest BCUT2D eigenvalue weighted by atomic mass is 79.9. The largest absolute Gasteiger partial charge is 0.380 e. The number of nitrogens with zero attached hydrogens (tertiary/aromatic N) is 2. The molecular weight excluding hydrogens is 394 g/mol. The number of anilines is 2. The average molecular weight is 412 g/mol. The Morgan fingerprint density at radius 2 is 1.85 bits per heavy atom. The molecule has 0 aliphatic carbocycles. The van der Waals surface area contributed by atoms with Gasteiger partial charge in [-0.25, -0.2) is 0 Å². The van der Waals surface area contributed by atoms with Crippen LogP contribution in [0.2, 0.25) is 0 Å². The molecular formula is C20H18BrN3O2. The fourth-order valence-corrected chi connectivity index (χ4v) is 3.24. The number of hydrogen-bond acceptors (Lipinski definition) is 5. The molecule has 0 bridgehead atoms. The topological polar surface area (TPSA) is 67.2 Å². The van der Waals surface area contributed by atoms with Gasteiger partial charge in [0.25, 0.3) is 0 Å². The molecule has 6 heteroatoms. The molecule has 3 rings (SSSR count). The summed E-state index contributed by atoms with van der Waals surface area (Å²) in [4.78, 5) is 4.45. The minimum absolute atomic E-state index is 0.460. The van der Waals surface area contributed by atoms with E-state index in [1.807, 2.05) is 36.4 Å². The molecule has 0 amide bonds. The zero-order chi connectivity index (χ0) is 18.5. The van der Waals surface area contributed by atoms with Crippen molar-refractivity contribution in [3.63, 3.8) is 0 Å². The molecule has 0 radical (unpaired) electrons. The van der Waals surface area contributed by atoms with E-state index in [0.29, 0.717) is 18.8 Å². The van der Waals surface area contributed by atoms with Crippen LogP contribution in [0.4, 0.5) is 11.4 Å². The molecule has 2 aromatic carbocycles. The van der Waals surface area contributed by atoms with Crippen LogP contribution in [0.3, 0.4) is 0 Å². The lowest BCUT2D eigenvalue weighted by atomic mass is 10.0. The molecule has 0 saturated heterocycles. The van der Waals surface area contributed by atoms with E-state index in [2.05, 4.69) is 32.3 Å². The van der Waals surface area contributed by atoms with Gasteiger partial charge in [0.05, 0.1) is 30.0 Å². The predicted molar refractivity (Wildman–Crippen MR) is 105 cm³/mol. The van der Waals surface area contributed by atoms with E-state index in [9.17, 15) is 5.26 Å². The molecule has 0 spiro atoms. The van der Waals surface area contributed by atoms with Crippen molar-refractivity contribution in [2.24, 2.45) is 0 Å². The number of nitriles is 1. The first-order valence-corrected chi connectivity index (χ1v) is 8.80. The van der Waals surface area contributed by atoms with Gasteiger partial charge in [0.2, 0.25) is 0 Å². The van der Waals surface area contributed by atoms with Crippen molar-refractivity contribution in [2.45, 2.75) is 13.2 Å². The highest BCUT2D eigenvalue weighted by molar-refractivity contribution is 9.10. The zero-order valence-electron chi connectivity index (χ0n) is 14.5. The number of rotatable bonds is 6. The van der Waals surface area contributed by atoms with Gasteiger partial charge in [0, 0.05) is 36.0 Å². The van der Waals surface area contributed by atoms with Crippen molar-refractivity contribution in [3.05, 3.63) is 63.8 Å². The fraction of sp³-hybridized carbons (Fsp3) is 0.200. The lowest BCUT2D eigenvalue weighted by molar-refractivity contribution is 0.168. The summed E-state index contributed by atoms with van der Waals surface area (Å²) < 4.78 is 11.6. The summed E-state index contributed by atoms with van der Waals surface area (Å²) in [5, 5.41) is 13.8. The summed E-state index contributed by atoms with van der Waals surface area (Å²) in [6.07, 6.45) is 1.59. The van der Waals surface area contributed by atoms with Gasteiger partial charge in [0.15, 0.2) is 0 Å². The van der Waals surface area contributed by atoms with Crippen LogP contribution >= 0.6 is 15.9 Å². The van der Waals surface area contributed by atoms with Crippen molar-refractivity contribution in [2.75, 3.05) is 19.5 Å². The van der Waals surface area contributed by atoms with Crippen molar-refractivity contribution < 1.29 is 9.47 Å². The van der Waals surface area contributed by atoms with E-state index in [4.69, 9.17) is 9.47 Å². The molecule has 0 atom stereocenters. The summed E-state index contributed by atoms with van der Waals surface area (Å²) in [5.41, 5.74) is 4.94. The number of methoxy groups -OCH3 is 2. The summed E-state index contributed by atoms with van der Waals surface area (Å²) in [6.45, 7) is 0.937. The lowest BCUT2D eigenvalue weighted by Crippen LogP contribution is -2.02. The van der Waals surface area contributed by atoms with Gasteiger partial charge in [-0.15, -0.1) is 0 Å². The maximum absolute atomic E-state index is 9.54. The summed E-state index contributed by atoms with van der Waals surface area (Å²) >= 11 is 3.47. The summed E-state index contributed by atoms with van der Waals surface area (Å²) in [5.74, 6) is 0. The van der Waals surface area contributed by atoms with Gasteiger partial charge in [-0.3, -0.25) is 4.98 Å². The Bertz CT molecular complexity index is 983. The molecule has 0 unspecified atom stereocenters. The molecule has 0 aliphatic heterocycles. The van der Waals surface area contributed by atoms with Gasteiger partial charge in [-0.05, 0) is 41.5 Å². The second-order valence-electron chi connectivity index (χ2n) is 5.80. The number of aromatic nitrogens is 1. The lowest BCUT2D eigenvalue weighted by Gasteiger charge is -2.15. The Hall–Kier alpha value is -2.46. The maximum atomic E-state index is 9.54. The molecule has 1 heterocycles. The van der Waals surface area contributed by atoms with Crippen LogP contribution < -0.4 is 5.32 Å². The van der Waals surface area contributed by atoms with Crippen LogP contribution in [0.5, 0.6) is 0 Å². The smallest absolute Gasteiger partial charge is 0.103 e. The fourth-order valence-electron chi connectivity index (χ4n) is 2.84. The maximum Gasteiger partial charge on any atom is 0.103 e. The van der Waals surface area contributed by atoms with Gasteiger partial charge < -0.3 is 14.8 Å². The number of benzene rings is 2. The Morgan fingerprint density at radius 1 is 1.12 bits per heavy atom. The Kier molecular flexibility index (Phi) is 5.84. The molecule has 132 valence electrons. The van der Waals surface area contributed by atoms with Gasteiger partial charge in [0.1, 0.15) is 6.07 Å². The number of ether oxygens (including phenoxy) is 2. The third kappa shape index (κ3) is 3.86. The van der Waals surface area contributed by atoms with Crippen LogP contribution in [0.15, 0.2) is 47.1 Å². The van der Waals surface area contributed by atoms with Crippen LogP contribution in [0.25, 0.3) is 10.9 Å². The number of halogens is 1. The number of hydrogen-bond donors (Lipinski definition) is 1. The highest BCUT2D eigenvalue weighted by Crippen LogP contribution is 2.32. The van der Waals surface area contributed by atoms with Crippen LogP contribution in [0.1, 0.15) is 16.7 Å². The summed E-state index contributed by atoms with van der Waals surface area (Å²) in [7, 11) is 3.32. The predicted octanol–water partition coefficient (Wildman–Crippen LogP) is 4.91.